The van der Waals surface area contributed by atoms with Crippen LogP contribution >= 0.6 is 0 Å². The predicted octanol–water partition coefficient (Wildman–Crippen LogP) is 4.24. The Bertz CT molecular complexity index is 1450. The van der Waals surface area contributed by atoms with E-state index in [1.807, 2.05) is 12.1 Å². The van der Waals surface area contributed by atoms with Gasteiger partial charge in [-0.15, -0.1) is 0 Å². The van der Waals surface area contributed by atoms with Crippen molar-refractivity contribution in [3.05, 3.63) is 70.3 Å². The Labute approximate surface area is 207 Å². The monoisotopic (exact) mass is 486 g/mol. The lowest BCUT2D eigenvalue weighted by molar-refractivity contribution is 0.0455. The van der Waals surface area contributed by atoms with Crippen molar-refractivity contribution in [1.82, 2.24) is 29.5 Å². The van der Waals surface area contributed by atoms with Crippen molar-refractivity contribution in [3.63, 3.8) is 0 Å². The van der Waals surface area contributed by atoms with Crippen LogP contribution in [0, 0.1) is 5.92 Å². The molecule has 0 unspecified atom stereocenters. The molecule has 6 rings (SSSR count). The highest BCUT2D eigenvalue weighted by Gasteiger charge is 2.35. The van der Waals surface area contributed by atoms with Crippen molar-refractivity contribution >= 4 is 11.6 Å². The molecule has 2 aliphatic rings. The molecule has 36 heavy (non-hydrogen) atoms. The highest BCUT2D eigenvalue weighted by Crippen LogP contribution is 2.34. The SMILES string of the molecule is O=C(c1c(-c2ncccn2)[nH]n2c(=O)cc(-c3ccc(C4CCCCC4)cc3)nc12)N1CC(CF)C1. The summed E-state index contributed by atoms with van der Waals surface area (Å²) in [5, 5.41) is 2.98. The van der Waals surface area contributed by atoms with Crippen molar-refractivity contribution < 1.29 is 9.18 Å². The Balaban J connectivity index is 1.43. The number of fused-ring (bicyclic) bond motifs is 1. The molecule has 4 heterocycles. The van der Waals surface area contributed by atoms with Crippen molar-refractivity contribution in [2.75, 3.05) is 19.8 Å². The zero-order valence-corrected chi connectivity index (χ0v) is 19.9. The predicted molar refractivity (Wildman–Crippen MR) is 133 cm³/mol. The van der Waals surface area contributed by atoms with Crippen LogP contribution in [0.25, 0.3) is 28.4 Å². The van der Waals surface area contributed by atoms with Crippen LogP contribution in [0.5, 0.6) is 0 Å². The van der Waals surface area contributed by atoms with Gasteiger partial charge in [0.1, 0.15) is 11.3 Å². The first-order valence-electron chi connectivity index (χ1n) is 12.5. The van der Waals surface area contributed by atoms with Crippen LogP contribution in [-0.2, 0) is 0 Å². The number of carbonyl (C=O) groups is 1. The molecule has 184 valence electrons. The maximum absolute atomic E-state index is 13.5. The maximum Gasteiger partial charge on any atom is 0.273 e. The van der Waals surface area contributed by atoms with Gasteiger partial charge in [0.25, 0.3) is 11.5 Å². The zero-order valence-electron chi connectivity index (χ0n) is 19.9. The summed E-state index contributed by atoms with van der Waals surface area (Å²) in [6.45, 7) is 0.188. The Morgan fingerprint density at radius 2 is 1.78 bits per heavy atom. The average Bonchev–Trinajstić information content (AvgIpc) is 3.29. The van der Waals surface area contributed by atoms with Crippen LogP contribution in [0.15, 0.2) is 53.6 Å². The van der Waals surface area contributed by atoms with Gasteiger partial charge in [0, 0.05) is 43.0 Å². The Hall–Kier alpha value is -3.88. The van der Waals surface area contributed by atoms with Crippen LogP contribution in [-0.4, -0.2) is 55.1 Å². The quantitative estimate of drug-likeness (QED) is 0.455. The van der Waals surface area contributed by atoms with Gasteiger partial charge >= 0.3 is 0 Å². The van der Waals surface area contributed by atoms with E-state index < -0.39 is 6.67 Å². The molecule has 1 aromatic carbocycles. The number of aromatic nitrogens is 5. The number of rotatable bonds is 5. The molecule has 1 saturated heterocycles. The number of hydrogen-bond donors (Lipinski definition) is 1. The second kappa shape index (κ2) is 9.29. The molecule has 3 aromatic heterocycles. The van der Waals surface area contributed by atoms with Crippen LogP contribution in [0.4, 0.5) is 4.39 Å². The first-order valence-corrected chi connectivity index (χ1v) is 12.5. The highest BCUT2D eigenvalue weighted by atomic mass is 19.1. The van der Waals surface area contributed by atoms with Crippen molar-refractivity contribution in [1.29, 1.82) is 0 Å². The number of amides is 1. The van der Waals surface area contributed by atoms with E-state index in [4.69, 9.17) is 4.98 Å². The molecule has 8 nitrogen and oxygen atoms in total. The van der Waals surface area contributed by atoms with E-state index >= 15 is 0 Å². The molecule has 1 saturated carbocycles. The molecule has 0 radical (unpaired) electrons. The number of nitrogens with zero attached hydrogens (tertiary/aromatic N) is 5. The first-order chi connectivity index (χ1) is 17.6. The van der Waals surface area contributed by atoms with Gasteiger partial charge in [0.05, 0.1) is 12.4 Å². The van der Waals surface area contributed by atoms with Gasteiger partial charge in [-0.1, -0.05) is 43.5 Å². The fourth-order valence-corrected chi connectivity index (χ4v) is 5.33. The summed E-state index contributed by atoms with van der Waals surface area (Å²) >= 11 is 0. The van der Waals surface area contributed by atoms with Gasteiger partial charge < -0.3 is 4.90 Å². The summed E-state index contributed by atoms with van der Waals surface area (Å²) < 4.78 is 14.3. The number of likely N-dealkylation sites (tertiary alicyclic amines) is 1. The third-order valence-electron chi connectivity index (χ3n) is 7.36. The van der Waals surface area contributed by atoms with E-state index in [1.54, 1.807) is 23.4 Å². The molecular weight excluding hydrogens is 459 g/mol. The largest absolute Gasteiger partial charge is 0.338 e. The number of aromatic amines is 1. The van der Waals surface area contributed by atoms with Gasteiger partial charge in [-0.05, 0) is 30.4 Å². The molecule has 1 aliphatic heterocycles. The molecule has 0 atom stereocenters. The van der Waals surface area contributed by atoms with E-state index in [2.05, 4.69) is 27.2 Å². The number of H-pyrrole nitrogens is 1. The standard InChI is InChI=1S/C27H27FN6O2/c28-14-17-15-33(16-17)27(36)23-24(25-29-11-4-12-30-25)32-34-22(35)13-21(31-26(23)34)20-9-7-19(8-10-20)18-5-2-1-3-6-18/h4,7-13,17-18,32H,1-3,5-6,14-16H2. The fraction of sp³-hybridized carbons (Fsp3) is 0.370. The smallest absolute Gasteiger partial charge is 0.273 e. The van der Waals surface area contributed by atoms with Crippen molar-refractivity contribution in [3.8, 4) is 22.8 Å². The number of carbonyl (C=O) groups excluding carboxylic acids is 1. The van der Waals surface area contributed by atoms with Crippen LogP contribution < -0.4 is 5.56 Å². The normalized spacial score (nSPS) is 16.9. The second-order valence-electron chi connectivity index (χ2n) is 9.76. The van der Waals surface area contributed by atoms with E-state index in [9.17, 15) is 14.0 Å². The number of hydrogen-bond acceptors (Lipinski definition) is 5. The molecule has 1 amide bonds. The molecule has 4 aromatic rings. The number of alkyl halides is 1. The van der Waals surface area contributed by atoms with E-state index in [0.29, 0.717) is 30.4 Å². The van der Waals surface area contributed by atoms with E-state index in [-0.39, 0.29) is 34.4 Å². The number of halogens is 1. The summed E-state index contributed by atoms with van der Waals surface area (Å²) in [6, 6.07) is 11.4. The minimum absolute atomic E-state index is 0.162. The Morgan fingerprint density at radius 3 is 2.47 bits per heavy atom. The Morgan fingerprint density at radius 1 is 1.06 bits per heavy atom. The second-order valence-corrected chi connectivity index (χ2v) is 9.76. The minimum Gasteiger partial charge on any atom is -0.338 e. The number of benzene rings is 1. The van der Waals surface area contributed by atoms with Crippen LogP contribution in [0.3, 0.4) is 0 Å². The van der Waals surface area contributed by atoms with Gasteiger partial charge in [0.2, 0.25) is 0 Å². The van der Waals surface area contributed by atoms with Gasteiger partial charge in [-0.25, -0.2) is 19.5 Å². The van der Waals surface area contributed by atoms with E-state index in [0.717, 1.165) is 5.56 Å². The van der Waals surface area contributed by atoms with Gasteiger partial charge in [-0.2, -0.15) is 0 Å². The summed E-state index contributed by atoms with van der Waals surface area (Å²) in [6.07, 6.45) is 9.40. The highest BCUT2D eigenvalue weighted by molar-refractivity contribution is 6.05. The zero-order chi connectivity index (χ0) is 24.6. The molecule has 9 heteroatoms. The summed E-state index contributed by atoms with van der Waals surface area (Å²) in [5.74, 6) is 0.384. The minimum atomic E-state index is -0.467. The number of nitrogens with one attached hydrogen (secondary N) is 1. The first kappa shape index (κ1) is 22.6. The van der Waals surface area contributed by atoms with Gasteiger partial charge in [-0.3, -0.25) is 19.1 Å². The molecule has 1 N–H and O–H groups in total. The summed E-state index contributed by atoms with van der Waals surface area (Å²) in [5.41, 5.74) is 3.03. The molecule has 0 spiro atoms. The molecule has 0 bridgehead atoms. The summed E-state index contributed by atoms with van der Waals surface area (Å²) in [7, 11) is 0. The lowest BCUT2D eigenvalue weighted by Crippen LogP contribution is -2.50. The maximum atomic E-state index is 13.5. The molecule has 2 fully saturated rings. The Kier molecular flexibility index (Phi) is 5.83. The third kappa shape index (κ3) is 3.98. The lowest BCUT2D eigenvalue weighted by atomic mass is 9.84. The summed E-state index contributed by atoms with van der Waals surface area (Å²) in [4.78, 5) is 41.5. The topological polar surface area (TPSA) is 96.2 Å². The molecular formula is C27H27FN6O2. The van der Waals surface area contributed by atoms with E-state index in [1.165, 1.54) is 48.2 Å². The third-order valence-corrected chi connectivity index (χ3v) is 7.36. The van der Waals surface area contributed by atoms with Crippen molar-refractivity contribution in [2.45, 2.75) is 38.0 Å². The van der Waals surface area contributed by atoms with Crippen molar-refractivity contribution in [2.24, 2.45) is 5.92 Å². The molecule has 1 aliphatic carbocycles. The van der Waals surface area contributed by atoms with Crippen LogP contribution in [0.1, 0.15) is 53.9 Å². The lowest BCUT2D eigenvalue weighted by Gasteiger charge is -2.37. The van der Waals surface area contributed by atoms with Crippen LogP contribution in [0.2, 0.25) is 0 Å². The average molecular weight is 487 g/mol. The van der Waals surface area contributed by atoms with Gasteiger partial charge in [0.15, 0.2) is 11.5 Å². The fourth-order valence-electron chi connectivity index (χ4n) is 5.33.